The number of hydrogen-bond donors (Lipinski definition) is 2. The Labute approximate surface area is 164 Å². The predicted octanol–water partition coefficient (Wildman–Crippen LogP) is 0.827. The van der Waals surface area contributed by atoms with Crippen molar-refractivity contribution >= 4 is 21.9 Å². The smallest absolute Gasteiger partial charge is 0.356 e. The van der Waals surface area contributed by atoms with Gasteiger partial charge in [-0.1, -0.05) is 13.8 Å². The first-order valence-electron chi connectivity index (χ1n) is 9.13. The molecule has 0 aliphatic carbocycles. The lowest BCUT2D eigenvalue weighted by Crippen LogP contribution is -2.47. The van der Waals surface area contributed by atoms with Crippen molar-refractivity contribution < 1.29 is 26.4 Å². The van der Waals surface area contributed by atoms with Gasteiger partial charge in [0.15, 0.2) is 5.96 Å². The zero-order valence-corrected chi connectivity index (χ0v) is 17.5. The molecule has 1 saturated heterocycles. The van der Waals surface area contributed by atoms with Crippen molar-refractivity contribution in [3.8, 4) is 0 Å². The Hall–Kier alpha value is -1.56. The van der Waals surface area contributed by atoms with E-state index in [1.54, 1.807) is 14.1 Å². The lowest BCUT2D eigenvalue weighted by Gasteiger charge is -2.31. The number of amides is 1. The number of carbonyl (C=O) groups is 1. The molecule has 0 saturated carbocycles. The Kier molecular flexibility index (Phi) is 8.99. The van der Waals surface area contributed by atoms with Crippen LogP contribution in [0.2, 0.25) is 0 Å². The van der Waals surface area contributed by atoms with E-state index in [0.29, 0.717) is 42.1 Å². The van der Waals surface area contributed by atoms with Crippen molar-refractivity contribution in [2.24, 2.45) is 16.8 Å². The summed E-state index contributed by atoms with van der Waals surface area (Å²) < 4.78 is 61.3. The van der Waals surface area contributed by atoms with Crippen LogP contribution in [0.25, 0.3) is 0 Å². The van der Waals surface area contributed by atoms with Gasteiger partial charge in [0.1, 0.15) is 6.54 Å². The van der Waals surface area contributed by atoms with Crippen LogP contribution in [0.15, 0.2) is 4.99 Å². The third-order valence-electron chi connectivity index (χ3n) is 4.31. The SMILES string of the molecule is CC(C)CNC(=NCC(=O)N(C)C)NCC1CCN(S(=O)(=O)C(F)(F)F)CC1. The van der Waals surface area contributed by atoms with E-state index in [4.69, 9.17) is 0 Å². The van der Waals surface area contributed by atoms with Crippen LogP contribution in [0.4, 0.5) is 13.2 Å². The summed E-state index contributed by atoms with van der Waals surface area (Å²) in [5, 5.41) is 6.22. The van der Waals surface area contributed by atoms with E-state index >= 15 is 0 Å². The van der Waals surface area contributed by atoms with Gasteiger partial charge in [-0.05, 0) is 24.7 Å². The minimum absolute atomic E-state index is 0.00952. The number of rotatable bonds is 7. The molecule has 28 heavy (non-hydrogen) atoms. The molecule has 0 aromatic rings. The van der Waals surface area contributed by atoms with Crippen molar-refractivity contribution in [2.45, 2.75) is 32.2 Å². The maximum absolute atomic E-state index is 12.6. The number of nitrogens with zero attached hydrogens (tertiary/aromatic N) is 3. The van der Waals surface area contributed by atoms with Gasteiger partial charge in [-0.2, -0.15) is 17.5 Å². The molecule has 164 valence electrons. The van der Waals surface area contributed by atoms with Crippen LogP contribution in [-0.2, 0) is 14.8 Å². The van der Waals surface area contributed by atoms with E-state index < -0.39 is 15.5 Å². The number of nitrogens with one attached hydrogen (secondary N) is 2. The van der Waals surface area contributed by atoms with E-state index in [9.17, 15) is 26.4 Å². The average molecular weight is 430 g/mol. The maximum Gasteiger partial charge on any atom is 0.511 e. The Bertz CT molecular complexity index is 642. The van der Waals surface area contributed by atoms with Gasteiger partial charge in [0, 0.05) is 40.3 Å². The van der Waals surface area contributed by atoms with Gasteiger partial charge >= 0.3 is 15.5 Å². The molecular weight excluding hydrogens is 399 g/mol. The van der Waals surface area contributed by atoms with Crippen LogP contribution in [-0.4, -0.2) is 81.8 Å². The summed E-state index contributed by atoms with van der Waals surface area (Å²) in [6, 6.07) is 0. The summed E-state index contributed by atoms with van der Waals surface area (Å²) in [6.45, 7) is 4.75. The Morgan fingerprint density at radius 1 is 1.21 bits per heavy atom. The van der Waals surface area contributed by atoms with Gasteiger partial charge < -0.3 is 15.5 Å². The van der Waals surface area contributed by atoms with E-state index in [2.05, 4.69) is 15.6 Å². The lowest BCUT2D eigenvalue weighted by molar-refractivity contribution is -0.127. The van der Waals surface area contributed by atoms with Crippen LogP contribution < -0.4 is 10.6 Å². The van der Waals surface area contributed by atoms with Crippen LogP contribution >= 0.6 is 0 Å². The van der Waals surface area contributed by atoms with Gasteiger partial charge in [0.25, 0.3) is 0 Å². The molecule has 1 fully saturated rings. The van der Waals surface area contributed by atoms with Gasteiger partial charge in [0.2, 0.25) is 5.91 Å². The third-order valence-corrected chi connectivity index (χ3v) is 5.94. The number of likely N-dealkylation sites (N-methyl/N-ethyl adjacent to an activating group) is 1. The number of halogens is 3. The second-order valence-electron chi connectivity index (χ2n) is 7.40. The van der Waals surface area contributed by atoms with E-state index in [-0.39, 0.29) is 31.5 Å². The predicted molar refractivity (Wildman–Crippen MR) is 101 cm³/mol. The largest absolute Gasteiger partial charge is 0.511 e. The molecule has 1 aliphatic rings. The molecular formula is C16H30F3N5O3S. The second kappa shape index (κ2) is 10.3. The first-order chi connectivity index (χ1) is 12.8. The molecule has 0 unspecified atom stereocenters. The van der Waals surface area contributed by atoms with E-state index in [0.717, 1.165) is 0 Å². The molecule has 1 amide bonds. The fourth-order valence-corrected chi connectivity index (χ4v) is 3.49. The first kappa shape index (κ1) is 24.5. The minimum Gasteiger partial charge on any atom is -0.356 e. The van der Waals surface area contributed by atoms with Crippen molar-refractivity contribution in [3.05, 3.63) is 0 Å². The molecule has 1 aliphatic heterocycles. The topological polar surface area (TPSA) is 94.1 Å². The molecule has 1 heterocycles. The number of carbonyl (C=O) groups excluding carboxylic acids is 1. The first-order valence-corrected chi connectivity index (χ1v) is 10.6. The number of alkyl halides is 3. The van der Waals surface area contributed by atoms with Gasteiger partial charge in [-0.3, -0.25) is 4.79 Å². The van der Waals surface area contributed by atoms with Crippen LogP contribution in [0.1, 0.15) is 26.7 Å². The molecule has 0 spiro atoms. The summed E-state index contributed by atoms with van der Waals surface area (Å²) in [5.74, 6) is 0.660. The minimum atomic E-state index is -5.27. The molecule has 8 nitrogen and oxygen atoms in total. The molecule has 2 N–H and O–H groups in total. The highest BCUT2D eigenvalue weighted by Crippen LogP contribution is 2.30. The summed E-state index contributed by atoms with van der Waals surface area (Å²) >= 11 is 0. The molecule has 0 aromatic carbocycles. The van der Waals surface area contributed by atoms with Crippen LogP contribution in [0.3, 0.4) is 0 Å². The molecule has 0 radical (unpaired) electrons. The number of guanidine groups is 1. The quantitative estimate of drug-likeness (QED) is 0.462. The summed E-state index contributed by atoms with van der Waals surface area (Å²) in [5.41, 5.74) is -5.27. The lowest BCUT2D eigenvalue weighted by atomic mass is 9.98. The standard InChI is InChI=1S/C16H30F3N5O3S/c1-12(2)9-20-15(22-11-14(25)23(3)4)21-10-13-5-7-24(8-6-13)28(26,27)16(17,18)19/h12-13H,5-11H2,1-4H3,(H2,20,21,22). The van der Waals surface area contributed by atoms with Crippen LogP contribution in [0.5, 0.6) is 0 Å². The fraction of sp³-hybridized carbons (Fsp3) is 0.875. The second-order valence-corrected chi connectivity index (χ2v) is 9.33. The number of sulfonamides is 1. The highest BCUT2D eigenvalue weighted by Gasteiger charge is 2.50. The van der Waals surface area contributed by atoms with Gasteiger partial charge in [0.05, 0.1) is 0 Å². The highest BCUT2D eigenvalue weighted by molar-refractivity contribution is 7.90. The molecule has 0 bridgehead atoms. The summed E-state index contributed by atoms with van der Waals surface area (Å²) in [4.78, 5) is 17.4. The van der Waals surface area contributed by atoms with Crippen molar-refractivity contribution in [2.75, 3.05) is 46.8 Å². The van der Waals surface area contributed by atoms with E-state index in [1.807, 2.05) is 13.8 Å². The molecule has 0 atom stereocenters. The Morgan fingerprint density at radius 2 is 1.79 bits per heavy atom. The molecule has 0 aromatic heterocycles. The highest BCUT2D eigenvalue weighted by atomic mass is 32.2. The van der Waals surface area contributed by atoms with Gasteiger partial charge in [-0.25, -0.2) is 13.4 Å². The normalized spacial score (nSPS) is 17.6. The third kappa shape index (κ3) is 7.46. The molecule has 1 rings (SSSR count). The van der Waals surface area contributed by atoms with Crippen molar-refractivity contribution in [3.63, 3.8) is 0 Å². The zero-order valence-electron chi connectivity index (χ0n) is 16.7. The fourth-order valence-electron chi connectivity index (χ4n) is 2.50. The zero-order chi connectivity index (χ0) is 21.5. The van der Waals surface area contributed by atoms with Gasteiger partial charge in [-0.15, -0.1) is 0 Å². The van der Waals surface area contributed by atoms with Crippen LogP contribution in [0, 0.1) is 11.8 Å². The van der Waals surface area contributed by atoms with Crippen molar-refractivity contribution in [1.29, 1.82) is 0 Å². The average Bonchev–Trinajstić information content (AvgIpc) is 2.59. The number of aliphatic imine (C=N–C) groups is 1. The maximum atomic E-state index is 12.6. The van der Waals surface area contributed by atoms with E-state index in [1.165, 1.54) is 4.90 Å². The summed E-state index contributed by atoms with van der Waals surface area (Å²) in [6.07, 6.45) is 0.632. The van der Waals surface area contributed by atoms with Crippen molar-refractivity contribution in [1.82, 2.24) is 19.8 Å². The monoisotopic (exact) mass is 429 g/mol. The summed E-state index contributed by atoms with van der Waals surface area (Å²) in [7, 11) is -2.00. The Balaban J connectivity index is 2.59. The number of piperidine rings is 1. The Morgan fingerprint density at radius 3 is 2.25 bits per heavy atom. The number of hydrogen-bond acceptors (Lipinski definition) is 4. The molecule has 12 heteroatoms.